The molecule has 0 aromatic heterocycles. The Balaban J connectivity index is 4.33. The molecule has 0 saturated heterocycles. The van der Waals surface area contributed by atoms with E-state index in [2.05, 4.69) is 25.7 Å². The second-order valence-corrected chi connectivity index (χ2v) is 13.5. The molecule has 0 aliphatic carbocycles. The predicted molar refractivity (Wildman–Crippen MR) is 192 cm³/mol. The first-order chi connectivity index (χ1) is 22.0. The third-order valence-electron chi connectivity index (χ3n) is 9.23. The van der Waals surface area contributed by atoms with Gasteiger partial charge in [-0.3, -0.25) is 14.4 Å². The van der Waals surface area contributed by atoms with Crippen molar-refractivity contribution in [3.05, 3.63) is 0 Å². The Hall–Kier alpha value is -1.14. The van der Waals surface area contributed by atoms with Gasteiger partial charge >= 0.3 is 5.97 Å². The van der Waals surface area contributed by atoms with E-state index in [0.29, 0.717) is 12.8 Å². The molecule has 0 heterocycles. The summed E-state index contributed by atoms with van der Waals surface area (Å²) in [5, 5.41) is 1.33. The molecule has 0 aromatic carbocycles. The topological polar surface area (TPSA) is 59.1 Å². The van der Waals surface area contributed by atoms with E-state index in [9.17, 15) is 9.59 Å². The summed E-state index contributed by atoms with van der Waals surface area (Å²) in [5.41, 5.74) is 0. The van der Waals surface area contributed by atoms with Crippen LogP contribution in [0.1, 0.15) is 201 Å². The van der Waals surface area contributed by atoms with E-state index in [4.69, 9.17) is 9.57 Å². The highest BCUT2D eigenvalue weighted by Gasteiger charge is 2.14. The van der Waals surface area contributed by atoms with Crippen molar-refractivity contribution in [1.82, 2.24) is 9.96 Å². The molecule has 0 fully saturated rings. The maximum absolute atomic E-state index is 12.7. The molecular formula is C39H78N2O4. The van der Waals surface area contributed by atoms with Crippen LogP contribution in [0.3, 0.4) is 0 Å². The molecule has 6 heteroatoms. The molecule has 0 unspecified atom stereocenters. The van der Waals surface area contributed by atoms with Gasteiger partial charge in [0.25, 0.3) is 0 Å². The van der Waals surface area contributed by atoms with Crippen LogP contribution in [0.4, 0.5) is 0 Å². The van der Waals surface area contributed by atoms with Gasteiger partial charge in [0, 0.05) is 19.9 Å². The van der Waals surface area contributed by atoms with Crippen LogP contribution in [0, 0.1) is 0 Å². The Morgan fingerprint density at radius 2 is 0.911 bits per heavy atom. The van der Waals surface area contributed by atoms with Gasteiger partial charge < -0.3 is 9.64 Å². The quantitative estimate of drug-likeness (QED) is 0.0393. The van der Waals surface area contributed by atoms with Crippen LogP contribution in [-0.2, 0) is 19.2 Å². The highest BCUT2D eigenvalue weighted by molar-refractivity contribution is 5.74. The minimum absolute atomic E-state index is 0.0238. The van der Waals surface area contributed by atoms with Crippen LogP contribution >= 0.6 is 0 Å². The fraction of sp³-hybridized carbons (Fsp3) is 0.949. The van der Waals surface area contributed by atoms with Crippen LogP contribution < -0.4 is 0 Å². The van der Waals surface area contributed by atoms with Gasteiger partial charge in [0.1, 0.15) is 6.10 Å². The van der Waals surface area contributed by atoms with E-state index < -0.39 is 0 Å². The maximum Gasteiger partial charge on any atom is 0.306 e. The summed E-state index contributed by atoms with van der Waals surface area (Å²) in [6, 6.07) is 0. The number of nitrogens with zero attached hydrogens (tertiary/aromatic N) is 2. The third kappa shape index (κ3) is 30.0. The summed E-state index contributed by atoms with van der Waals surface area (Å²) >= 11 is 0. The smallest absolute Gasteiger partial charge is 0.306 e. The Morgan fingerprint density at radius 1 is 0.511 bits per heavy atom. The molecule has 0 aliphatic rings. The van der Waals surface area contributed by atoms with E-state index in [0.717, 1.165) is 51.7 Å². The van der Waals surface area contributed by atoms with Gasteiger partial charge in [-0.05, 0) is 71.0 Å². The normalized spacial score (nSPS) is 11.5. The van der Waals surface area contributed by atoms with Gasteiger partial charge in [0.2, 0.25) is 5.91 Å². The third-order valence-corrected chi connectivity index (χ3v) is 9.23. The zero-order chi connectivity index (χ0) is 33.2. The van der Waals surface area contributed by atoms with E-state index in [1.54, 1.807) is 7.05 Å². The van der Waals surface area contributed by atoms with Gasteiger partial charge in [-0.1, -0.05) is 136 Å². The lowest BCUT2D eigenvalue weighted by Gasteiger charge is -2.23. The molecule has 0 N–H and O–H groups in total. The molecule has 0 atom stereocenters. The second-order valence-electron chi connectivity index (χ2n) is 13.5. The first kappa shape index (κ1) is 43.9. The number of ether oxygens (including phenoxy) is 1. The first-order valence-corrected chi connectivity index (χ1v) is 19.7. The zero-order valence-corrected chi connectivity index (χ0v) is 31.0. The maximum atomic E-state index is 12.7. The minimum Gasteiger partial charge on any atom is -0.462 e. The number of esters is 1. The van der Waals surface area contributed by atoms with Gasteiger partial charge in [0.05, 0.1) is 7.11 Å². The fourth-order valence-electron chi connectivity index (χ4n) is 6.11. The summed E-state index contributed by atoms with van der Waals surface area (Å²) in [6.45, 7) is 10.00. The molecule has 1 amide bonds. The number of hydrogen-bond donors (Lipinski definition) is 0. The average Bonchev–Trinajstić information content (AvgIpc) is 3.04. The molecule has 0 bridgehead atoms. The van der Waals surface area contributed by atoms with E-state index in [-0.39, 0.29) is 18.0 Å². The Morgan fingerprint density at radius 3 is 1.38 bits per heavy atom. The van der Waals surface area contributed by atoms with Crippen LogP contribution in [0.15, 0.2) is 0 Å². The monoisotopic (exact) mass is 639 g/mol. The minimum atomic E-state index is 0.0238. The predicted octanol–water partition coefficient (Wildman–Crippen LogP) is 11.2. The Bertz CT molecular complexity index is 629. The summed E-state index contributed by atoms with van der Waals surface area (Å²) in [4.78, 5) is 32.4. The molecule has 0 saturated carbocycles. The summed E-state index contributed by atoms with van der Waals surface area (Å²) in [6.07, 6.45) is 33.1. The molecule has 0 rings (SSSR count). The molecule has 0 spiro atoms. The highest BCUT2D eigenvalue weighted by atomic mass is 16.7. The Labute approximate surface area is 281 Å². The molecule has 268 valence electrons. The molecule has 45 heavy (non-hydrogen) atoms. The lowest BCUT2D eigenvalue weighted by molar-refractivity contribution is -0.168. The first-order valence-electron chi connectivity index (χ1n) is 19.7. The number of carbonyl (C=O) groups excluding carboxylic acids is 2. The van der Waals surface area contributed by atoms with Crippen molar-refractivity contribution in [2.24, 2.45) is 0 Å². The lowest BCUT2D eigenvalue weighted by Crippen LogP contribution is -2.30. The van der Waals surface area contributed by atoms with E-state index >= 15 is 0 Å². The Kier molecular flexibility index (Phi) is 33.3. The number of carbonyl (C=O) groups is 2. The van der Waals surface area contributed by atoms with E-state index in [1.165, 1.54) is 147 Å². The molecule has 6 nitrogen and oxygen atoms in total. The highest BCUT2D eigenvalue weighted by Crippen LogP contribution is 2.18. The fourth-order valence-corrected chi connectivity index (χ4v) is 6.11. The number of rotatable bonds is 35. The van der Waals surface area contributed by atoms with Crippen molar-refractivity contribution < 1.29 is 19.2 Å². The van der Waals surface area contributed by atoms with Crippen molar-refractivity contribution >= 4 is 11.9 Å². The van der Waals surface area contributed by atoms with Crippen LogP contribution in [-0.4, -0.2) is 61.7 Å². The van der Waals surface area contributed by atoms with Crippen molar-refractivity contribution in [3.63, 3.8) is 0 Å². The molecular weight excluding hydrogens is 560 g/mol. The summed E-state index contributed by atoms with van der Waals surface area (Å²) in [5.74, 6) is 0.0717. The van der Waals surface area contributed by atoms with Gasteiger partial charge in [0.15, 0.2) is 0 Å². The lowest BCUT2D eigenvalue weighted by atomic mass is 10.0. The van der Waals surface area contributed by atoms with Gasteiger partial charge in [-0.2, -0.15) is 0 Å². The summed E-state index contributed by atoms with van der Waals surface area (Å²) in [7, 11) is 3.22. The average molecular weight is 639 g/mol. The molecule has 0 aromatic rings. The number of amides is 1. The van der Waals surface area contributed by atoms with Crippen LogP contribution in [0.25, 0.3) is 0 Å². The number of hydroxylamine groups is 2. The van der Waals surface area contributed by atoms with Crippen LogP contribution in [0.5, 0.6) is 0 Å². The van der Waals surface area contributed by atoms with Crippen LogP contribution in [0.2, 0.25) is 0 Å². The van der Waals surface area contributed by atoms with Crippen molar-refractivity contribution in [3.8, 4) is 0 Å². The second kappa shape index (κ2) is 34.2. The van der Waals surface area contributed by atoms with Crippen molar-refractivity contribution in [2.75, 3.05) is 33.8 Å². The van der Waals surface area contributed by atoms with Gasteiger partial charge in [-0.15, -0.1) is 0 Å². The number of unbranched alkanes of at least 4 members (excludes halogenated alkanes) is 19. The van der Waals surface area contributed by atoms with E-state index in [1.807, 2.05) is 0 Å². The number of hydrogen-bond acceptors (Lipinski definition) is 5. The van der Waals surface area contributed by atoms with Gasteiger partial charge in [-0.25, -0.2) is 5.06 Å². The standard InChI is InChI=1S/C39H78N2O4/c1-6-9-12-15-19-24-30-37(31-25-20-16-13-10-7-2)45-39(43)33-26-21-18-23-28-35-41(34-27-22-17-14-11-8-3)36-29-32-38(42)40(4)44-5/h37H,6-36H2,1-5H3. The van der Waals surface area contributed by atoms with Crippen molar-refractivity contribution in [2.45, 2.75) is 207 Å². The zero-order valence-electron chi connectivity index (χ0n) is 31.0. The molecule has 0 aliphatic heterocycles. The van der Waals surface area contributed by atoms with Crippen molar-refractivity contribution in [1.29, 1.82) is 0 Å². The molecule has 0 radical (unpaired) electrons. The SMILES string of the molecule is CCCCCCCCC(CCCCCCCC)OC(=O)CCCCCCCN(CCCCCCCC)CCCC(=O)N(C)OC. The summed E-state index contributed by atoms with van der Waals surface area (Å²) < 4.78 is 6.03. The largest absolute Gasteiger partial charge is 0.462 e.